The van der Waals surface area contributed by atoms with Crippen molar-refractivity contribution in [2.24, 2.45) is 16.1 Å². The van der Waals surface area contributed by atoms with Crippen LogP contribution in [0.1, 0.15) is 40.5 Å². The minimum absolute atomic E-state index is 0.226. The molecular weight excluding hydrogens is 162 g/mol. The number of hydrogen-bond acceptors (Lipinski definition) is 1. The highest BCUT2D eigenvalue weighted by atomic mass is 15.1. The second-order valence-corrected chi connectivity index (χ2v) is 4.98. The number of guanidine groups is 1. The molecule has 1 unspecified atom stereocenters. The second kappa shape index (κ2) is 3.56. The average Bonchev–Trinajstić information content (AvgIpc) is 2.68. The van der Waals surface area contributed by atoms with E-state index < -0.39 is 0 Å². The van der Waals surface area contributed by atoms with E-state index in [1.54, 1.807) is 0 Å². The minimum Gasteiger partial charge on any atom is -0.370 e. The molecule has 0 amide bonds. The number of hydrogen-bond donors (Lipinski definition) is 2. The molecule has 0 saturated heterocycles. The Hall–Kier alpha value is -0.730. The molecule has 1 aliphatic carbocycles. The summed E-state index contributed by atoms with van der Waals surface area (Å²) in [6, 6.07) is 0.856. The molecule has 1 saturated carbocycles. The van der Waals surface area contributed by atoms with Crippen LogP contribution < -0.4 is 11.1 Å². The summed E-state index contributed by atoms with van der Waals surface area (Å²) < 4.78 is 0. The van der Waals surface area contributed by atoms with Crippen LogP contribution in [-0.2, 0) is 0 Å². The number of rotatable bonds is 2. The van der Waals surface area contributed by atoms with E-state index in [4.69, 9.17) is 5.73 Å². The molecular formula is C10H21N3. The van der Waals surface area contributed by atoms with Crippen LogP contribution in [0.3, 0.4) is 0 Å². The van der Waals surface area contributed by atoms with Crippen LogP contribution in [0.15, 0.2) is 4.99 Å². The number of aliphatic imine (C=N–C) groups is 1. The van der Waals surface area contributed by atoms with Crippen molar-refractivity contribution in [3.05, 3.63) is 0 Å². The van der Waals surface area contributed by atoms with Gasteiger partial charge in [-0.1, -0.05) is 20.8 Å². The smallest absolute Gasteiger partial charge is 0.189 e. The number of nitrogens with one attached hydrogen (secondary N) is 1. The standard InChI is InChI=1S/C10H21N3/c1-7(10(2,3)4)12-9(11)13-8-5-6-8/h7-8H,5-6H2,1-4H3,(H3,11,12,13). The molecule has 3 N–H and O–H groups in total. The maximum atomic E-state index is 5.75. The molecule has 76 valence electrons. The van der Waals surface area contributed by atoms with E-state index >= 15 is 0 Å². The summed E-state index contributed by atoms with van der Waals surface area (Å²) in [6.45, 7) is 8.70. The van der Waals surface area contributed by atoms with Crippen molar-refractivity contribution >= 4 is 5.96 Å². The first-order valence-electron chi connectivity index (χ1n) is 4.99. The third kappa shape index (κ3) is 3.66. The molecule has 13 heavy (non-hydrogen) atoms. The molecule has 0 bridgehead atoms. The van der Waals surface area contributed by atoms with Crippen LogP contribution in [-0.4, -0.2) is 18.0 Å². The number of nitrogens with two attached hydrogens (primary N) is 1. The van der Waals surface area contributed by atoms with Crippen molar-refractivity contribution in [2.45, 2.75) is 52.6 Å². The zero-order valence-corrected chi connectivity index (χ0v) is 9.09. The zero-order chi connectivity index (χ0) is 10.1. The summed E-state index contributed by atoms with van der Waals surface area (Å²) in [5.74, 6) is 0.602. The van der Waals surface area contributed by atoms with Gasteiger partial charge in [-0.2, -0.15) is 0 Å². The van der Waals surface area contributed by atoms with E-state index in [0.29, 0.717) is 18.0 Å². The Morgan fingerprint density at radius 3 is 2.38 bits per heavy atom. The Bertz CT molecular complexity index is 199. The van der Waals surface area contributed by atoms with E-state index in [2.05, 4.69) is 38.0 Å². The number of nitrogens with zero attached hydrogens (tertiary/aromatic N) is 1. The van der Waals surface area contributed by atoms with Crippen LogP contribution in [0.2, 0.25) is 0 Å². The van der Waals surface area contributed by atoms with Crippen LogP contribution in [0, 0.1) is 5.41 Å². The first-order chi connectivity index (χ1) is 5.89. The molecule has 0 heterocycles. The maximum Gasteiger partial charge on any atom is 0.189 e. The lowest BCUT2D eigenvalue weighted by Gasteiger charge is -2.28. The monoisotopic (exact) mass is 183 g/mol. The maximum absolute atomic E-state index is 5.75. The van der Waals surface area contributed by atoms with Crippen LogP contribution in [0.5, 0.6) is 0 Å². The molecule has 3 nitrogen and oxygen atoms in total. The molecule has 1 fully saturated rings. The minimum atomic E-state index is 0.226. The lowest BCUT2D eigenvalue weighted by molar-refractivity contribution is 0.315. The molecule has 1 atom stereocenters. The fourth-order valence-corrected chi connectivity index (χ4v) is 0.876. The quantitative estimate of drug-likeness (QED) is 0.503. The molecule has 1 aliphatic rings. The van der Waals surface area contributed by atoms with Gasteiger partial charge in [0.2, 0.25) is 0 Å². The van der Waals surface area contributed by atoms with Crippen LogP contribution in [0.4, 0.5) is 0 Å². The van der Waals surface area contributed by atoms with Gasteiger partial charge in [0, 0.05) is 6.04 Å². The van der Waals surface area contributed by atoms with Gasteiger partial charge in [0.1, 0.15) is 0 Å². The van der Waals surface area contributed by atoms with Gasteiger partial charge in [-0.05, 0) is 25.2 Å². The second-order valence-electron chi connectivity index (χ2n) is 4.98. The van der Waals surface area contributed by atoms with Crippen molar-refractivity contribution in [3.8, 4) is 0 Å². The third-order valence-electron chi connectivity index (χ3n) is 2.53. The van der Waals surface area contributed by atoms with Crippen molar-refractivity contribution in [2.75, 3.05) is 0 Å². The van der Waals surface area contributed by atoms with Gasteiger partial charge < -0.3 is 11.1 Å². The topological polar surface area (TPSA) is 50.4 Å². The van der Waals surface area contributed by atoms with Gasteiger partial charge in [-0.15, -0.1) is 0 Å². The molecule has 0 aromatic heterocycles. The largest absolute Gasteiger partial charge is 0.370 e. The normalized spacial score (nSPS) is 21.4. The fraction of sp³-hybridized carbons (Fsp3) is 0.900. The van der Waals surface area contributed by atoms with E-state index in [1.165, 1.54) is 12.8 Å². The highest BCUT2D eigenvalue weighted by Gasteiger charge is 2.23. The summed E-state index contributed by atoms with van der Waals surface area (Å²) in [4.78, 5) is 4.33. The van der Waals surface area contributed by atoms with Gasteiger partial charge in [0.15, 0.2) is 5.96 Å². The lowest BCUT2D eigenvalue weighted by Crippen LogP contribution is -2.45. The summed E-state index contributed by atoms with van der Waals surface area (Å²) >= 11 is 0. The summed E-state index contributed by atoms with van der Waals surface area (Å²) in [5.41, 5.74) is 5.98. The Balaban J connectivity index is 2.38. The van der Waals surface area contributed by atoms with Gasteiger partial charge >= 0.3 is 0 Å². The zero-order valence-electron chi connectivity index (χ0n) is 9.09. The average molecular weight is 183 g/mol. The Morgan fingerprint density at radius 2 is 2.00 bits per heavy atom. The summed E-state index contributed by atoms with van der Waals surface area (Å²) in [7, 11) is 0. The van der Waals surface area contributed by atoms with Crippen LogP contribution >= 0.6 is 0 Å². The van der Waals surface area contributed by atoms with Gasteiger partial charge in [-0.3, -0.25) is 4.99 Å². The van der Waals surface area contributed by atoms with Gasteiger partial charge in [0.05, 0.1) is 6.04 Å². The van der Waals surface area contributed by atoms with Crippen molar-refractivity contribution < 1.29 is 0 Å². The SMILES string of the molecule is CC(NC(N)=NC1CC1)C(C)(C)C. The summed E-state index contributed by atoms with van der Waals surface area (Å²) in [5, 5.41) is 3.22. The predicted octanol–water partition coefficient (Wildman–Crippen LogP) is 1.49. The van der Waals surface area contributed by atoms with Crippen molar-refractivity contribution in [1.29, 1.82) is 0 Å². The molecule has 0 spiro atoms. The Morgan fingerprint density at radius 1 is 1.46 bits per heavy atom. The molecule has 0 aromatic carbocycles. The molecule has 0 aromatic rings. The van der Waals surface area contributed by atoms with Crippen molar-refractivity contribution in [3.63, 3.8) is 0 Å². The molecule has 0 radical (unpaired) electrons. The highest BCUT2D eigenvalue weighted by Crippen LogP contribution is 2.23. The van der Waals surface area contributed by atoms with Gasteiger partial charge in [-0.25, -0.2) is 0 Å². The predicted molar refractivity (Wildman–Crippen MR) is 56.7 cm³/mol. The fourth-order valence-electron chi connectivity index (χ4n) is 0.876. The van der Waals surface area contributed by atoms with E-state index in [9.17, 15) is 0 Å². The third-order valence-corrected chi connectivity index (χ3v) is 2.53. The molecule has 1 rings (SSSR count). The molecule has 3 heteroatoms. The Kier molecular flexibility index (Phi) is 2.84. The van der Waals surface area contributed by atoms with Gasteiger partial charge in [0.25, 0.3) is 0 Å². The Labute approximate surface area is 80.8 Å². The summed E-state index contributed by atoms with van der Waals surface area (Å²) in [6.07, 6.45) is 2.40. The van der Waals surface area contributed by atoms with Crippen LogP contribution in [0.25, 0.3) is 0 Å². The van der Waals surface area contributed by atoms with E-state index in [0.717, 1.165) is 0 Å². The first-order valence-corrected chi connectivity index (χ1v) is 4.99. The first kappa shape index (κ1) is 10.4. The highest BCUT2D eigenvalue weighted by molar-refractivity contribution is 5.78. The molecule has 0 aliphatic heterocycles. The van der Waals surface area contributed by atoms with E-state index in [-0.39, 0.29) is 5.41 Å². The van der Waals surface area contributed by atoms with E-state index in [1.807, 2.05) is 0 Å². The lowest BCUT2D eigenvalue weighted by atomic mass is 9.88. The van der Waals surface area contributed by atoms with Crippen molar-refractivity contribution in [1.82, 2.24) is 5.32 Å².